The molecule has 0 bridgehead atoms. The van der Waals surface area contributed by atoms with Gasteiger partial charge in [0.05, 0.1) is 0 Å². The average Bonchev–Trinajstić information content (AvgIpc) is 0.811. The van der Waals surface area contributed by atoms with Crippen LogP contribution >= 0.6 is 30.1 Å². The predicted molar refractivity (Wildman–Crippen MR) is 33.3 cm³/mol. The molecule has 0 spiro atoms. The van der Waals surface area contributed by atoms with Crippen molar-refractivity contribution in [1.29, 1.82) is 0 Å². The van der Waals surface area contributed by atoms with Gasteiger partial charge < -0.3 is 0 Å². The first-order chi connectivity index (χ1) is 1.73. The third-order valence-electron chi connectivity index (χ3n) is 0. The van der Waals surface area contributed by atoms with Gasteiger partial charge in [-0.25, -0.2) is 30.1 Å². The second-order valence-electron chi connectivity index (χ2n) is 0.247. The van der Waals surface area contributed by atoms with Crippen molar-refractivity contribution in [3.8, 4) is 0 Å². The summed E-state index contributed by atoms with van der Waals surface area (Å²) in [4.78, 5) is 0. The Labute approximate surface area is 75.1 Å². The van der Waals surface area contributed by atoms with E-state index in [0.29, 0.717) is 0 Å². The third-order valence-corrected chi connectivity index (χ3v) is 0. The Kier molecular flexibility index (Phi) is 27.5. The molecular weight excluding hydrogens is 216 g/mol. The van der Waals surface area contributed by atoms with Crippen molar-refractivity contribution >= 4 is 58.9 Å². The molecule has 6 heteroatoms. The summed E-state index contributed by atoms with van der Waals surface area (Å²) in [6.45, 7) is 0. The summed E-state index contributed by atoms with van der Waals surface area (Å²) in [5, 5.41) is 0. The van der Waals surface area contributed by atoms with Crippen LogP contribution in [0.4, 0.5) is 0 Å². The molecule has 0 atom stereocenters. The Morgan fingerprint density at radius 1 is 1.00 bits per heavy atom. The molecule has 0 radical (unpaired) electrons. The molecule has 0 heterocycles. The van der Waals surface area contributed by atoms with Gasteiger partial charge in [-0.15, -0.1) is 0 Å². The Balaban J connectivity index is -0.0000000450. The molecule has 0 aromatic heterocycles. The minimum absolute atomic E-state index is 0. The van der Waals surface area contributed by atoms with E-state index >= 15 is 0 Å². The van der Waals surface area contributed by atoms with E-state index in [1.54, 1.807) is 0 Å². The van der Waals surface area contributed by atoms with Gasteiger partial charge in [0.15, 0.2) is 17.4 Å². The molecular formula is H3Al2Cl3Fe. The maximum atomic E-state index is 4.94. The normalized spacial score (nSPS) is 4.50. The zero-order valence-corrected chi connectivity index (χ0v) is 6.59. The van der Waals surface area contributed by atoms with Gasteiger partial charge >= 0.3 is 11.4 Å². The smallest absolute Gasteiger partial charge is 0.214 e. The fourth-order valence-electron chi connectivity index (χ4n) is 0. The van der Waals surface area contributed by atoms with Crippen LogP contribution in [0.2, 0.25) is 0 Å². The van der Waals surface area contributed by atoms with Gasteiger partial charge in [-0.05, 0) is 0 Å². The maximum absolute atomic E-state index is 4.94. The van der Waals surface area contributed by atoms with Crippen molar-refractivity contribution in [2.75, 3.05) is 0 Å². The van der Waals surface area contributed by atoms with Gasteiger partial charge in [0.25, 0.3) is 0 Å². The van der Waals surface area contributed by atoms with Crippen LogP contribution in [-0.4, -0.2) is 28.7 Å². The van der Waals surface area contributed by atoms with Crippen molar-refractivity contribution in [2.24, 2.45) is 0 Å². The molecule has 0 saturated carbocycles. The second-order valence-corrected chi connectivity index (χ2v) is 6.68. The summed E-state index contributed by atoms with van der Waals surface area (Å²) in [5.74, 6) is 0. The Morgan fingerprint density at radius 2 is 1.00 bits per heavy atom. The van der Waals surface area contributed by atoms with Crippen LogP contribution in [0, 0.1) is 0 Å². The van der Waals surface area contributed by atoms with Crippen LogP contribution < -0.4 is 0 Å². The van der Waals surface area contributed by atoms with Gasteiger partial charge in [-0.2, -0.15) is 0 Å². The fraction of sp³-hybridized carbons (Fsp3) is 0. The predicted octanol–water partition coefficient (Wildman–Crippen LogP) is 0.501. The first-order valence-electron chi connectivity index (χ1n) is 0.655. The van der Waals surface area contributed by atoms with Gasteiger partial charge in [0.1, 0.15) is 0 Å². The first kappa shape index (κ1) is 15.8. The van der Waals surface area contributed by atoms with Crippen molar-refractivity contribution in [2.45, 2.75) is 0 Å². The van der Waals surface area contributed by atoms with Gasteiger partial charge in [-0.3, -0.25) is 0 Å². The summed E-state index contributed by atoms with van der Waals surface area (Å²) in [6, 6.07) is 0. The number of halogens is 3. The molecule has 0 N–H and O–H groups in total. The zero-order valence-electron chi connectivity index (χ0n) is 2.06. The molecule has 0 aromatic carbocycles. The molecule has 0 saturated heterocycles. The van der Waals surface area contributed by atoms with E-state index in [1.807, 2.05) is 0 Å². The van der Waals surface area contributed by atoms with Crippen LogP contribution in [0.5, 0.6) is 0 Å². The SMILES string of the molecule is [AlH3].[Cl][Al]([Cl])[Cl].[Fe]. The molecule has 38 valence electrons. The monoisotopic (exact) mass is 218 g/mol. The minimum Gasteiger partial charge on any atom is -0.214 e. The second kappa shape index (κ2) is 10.4. The molecule has 0 amide bonds. The van der Waals surface area contributed by atoms with Crippen LogP contribution in [0.25, 0.3) is 0 Å². The molecule has 0 nitrogen and oxygen atoms in total. The van der Waals surface area contributed by atoms with E-state index in [-0.39, 0.29) is 34.4 Å². The van der Waals surface area contributed by atoms with Gasteiger partial charge in [-0.1, -0.05) is 0 Å². The summed E-state index contributed by atoms with van der Waals surface area (Å²) in [7, 11) is 14.8. The fourth-order valence-corrected chi connectivity index (χ4v) is 0. The van der Waals surface area contributed by atoms with Crippen LogP contribution in [0.1, 0.15) is 0 Å². The molecule has 0 aliphatic heterocycles. The van der Waals surface area contributed by atoms with E-state index < -0.39 is 11.4 Å². The van der Waals surface area contributed by atoms with E-state index in [1.165, 1.54) is 0 Å². The van der Waals surface area contributed by atoms with Crippen LogP contribution in [0.15, 0.2) is 0 Å². The van der Waals surface area contributed by atoms with Crippen LogP contribution in [-0.2, 0) is 17.1 Å². The standard InChI is InChI=1S/2Al.3ClH.Fe.3H/h;;3*1H;;;;/q;+3;;;;;;;/p-3. The number of rotatable bonds is 0. The zero-order chi connectivity index (χ0) is 3.58. The Bertz CT molecular complexity index is 13.5. The van der Waals surface area contributed by atoms with Gasteiger partial charge in [0, 0.05) is 17.1 Å². The largest absolute Gasteiger partial charge is 0.643 e. The van der Waals surface area contributed by atoms with E-state index in [4.69, 9.17) is 30.1 Å². The quantitative estimate of drug-likeness (QED) is 0.520. The van der Waals surface area contributed by atoms with Crippen molar-refractivity contribution in [1.82, 2.24) is 0 Å². The van der Waals surface area contributed by atoms with E-state index in [9.17, 15) is 0 Å². The number of hydrogen-bond acceptors (Lipinski definition) is 0. The molecule has 0 aliphatic carbocycles. The molecule has 0 aromatic rings. The topological polar surface area (TPSA) is 0 Å². The Morgan fingerprint density at radius 3 is 1.00 bits per heavy atom. The third kappa shape index (κ3) is 31.9. The molecule has 0 unspecified atom stereocenters. The maximum Gasteiger partial charge on any atom is 0.643 e. The van der Waals surface area contributed by atoms with Crippen molar-refractivity contribution < 1.29 is 17.1 Å². The number of hydrogen-bond donors (Lipinski definition) is 0. The van der Waals surface area contributed by atoms with Gasteiger partial charge in [0.2, 0.25) is 0 Å². The van der Waals surface area contributed by atoms with Crippen LogP contribution in [0.3, 0.4) is 0 Å². The van der Waals surface area contributed by atoms with Crippen molar-refractivity contribution in [3.63, 3.8) is 0 Å². The average molecular weight is 219 g/mol. The Hall–Kier alpha value is 2.45. The van der Waals surface area contributed by atoms with Crippen molar-refractivity contribution in [3.05, 3.63) is 0 Å². The molecule has 0 fully saturated rings. The van der Waals surface area contributed by atoms with E-state index in [2.05, 4.69) is 0 Å². The van der Waals surface area contributed by atoms with E-state index in [0.717, 1.165) is 0 Å². The first-order valence-corrected chi connectivity index (χ1v) is 5.89. The molecule has 6 heavy (non-hydrogen) atoms. The summed E-state index contributed by atoms with van der Waals surface area (Å²) in [5.41, 5.74) is 0. The molecule has 0 aliphatic rings. The molecule has 0 rings (SSSR count). The summed E-state index contributed by atoms with van der Waals surface area (Å²) < 4.78 is 0. The summed E-state index contributed by atoms with van der Waals surface area (Å²) in [6.07, 6.45) is 0. The summed E-state index contributed by atoms with van der Waals surface area (Å²) >= 11 is -1.72. The minimum atomic E-state index is -1.72.